The summed E-state index contributed by atoms with van der Waals surface area (Å²) in [4.78, 5) is 4.80. The average Bonchev–Trinajstić information content (AvgIpc) is 3.93. The Kier molecular flexibility index (Phi) is 27.0. The van der Waals surface area contributed by atoms with E-state index < -0.39 is 0 Å². The molecular weight excluding hydrogens is 817 g/mol. The van der Waals surface area contributed by atoms with Crippen molar-refractivity contribution in [3.63, 3.8) is 0 Å². The Bertz CT molecular complexity index is 2300. The summed E-state index contributed by atoms with van der Waals surface area (Å²) in [6, 6.07) is 33.8. The lowest BCUT2D eigenvalue weighted by molar-refractivity contribution is 0.214. The zero-order valence-electron chi connectivity index (χ0n) is 40.2. The number of oxime groups is 2. The third-order valence-electron chi connectivity index (χ3n) is 10.00. The van der Waals surface area contributed by atoms with Crippen LogP contribution in [0.5, 0.6) is 11.5 Å². The van der Waals surface area contributed by atoms with Gasteiger partial charge in [-0.3, -0.25) is 0 Å². The Morgan fingerprint density at radius 2 is 1.21 bits per heavy atom. The number of rotatable bonds is 11. The summed E-state index contributed by atoms with van der Waals surface area (Å²) in [5.41, 5.74) is 8.91. The lowest BCUT2D eigenvalue weighted by Gasteiger charge is -2.26. The van der Waals surface area contributed by atoms with Crippen LogP contribution < -0.4 is 9.31 Å². The van der Waals surface area contributed by atoms with Gasteiger partial charge in [0.25, 0.3) is 0 Å². The fraction of sp³-hybridized carbons (Fsp3) is 0.421. The van der Waals surface area contributed by atoms with E-state index in [9.17, 15) is 0 Å². The smallest absolute Gasteiger partial charge is 0.524 e. The van der Waals surface area contributed by atoms with Crippen LogP contribution in [0.15, 0.2) is 118 Å². The SMILES string of the molecule is C.C.CC(C)(C)c1cc2c(c(C(C)(C)C)c1)O[B]O2.CCCCC#C/C(=N\O)c1ccccc1.CCCCC#C/C(=N\OC)c1ccccc1.CCCCc1onc(-c2ccccc2)c1C. The minimum Gasteiger partial charge on any atom is -0.524 e. The fourth-order valence-corrected chi connectivity index (χ4v) is 6.14. The number of aryl methyl sites for hydroxylation is 1. The molecule has 9 heteroatoms. The minimum absolute atomic E-state index is 0. The molecule has 5 aromatic rings. The number of benzene rings is 4. The molecule has 0 atom stereocenters. The normalized spacial score (nSPS) is 11.3. The van der Waals surface area contributed by atoms with Gasteiger partial charge >= 0.3 is 7.69 Å². The van der Waals surface area contributed by atoms with Crippen LogP contribution in [0.4, 0.5) is 0 Å². The summed E-state index contributed by atoms with van der Waals surface area (Å²) in [7, 11) is 2.95. The second-order valence-corrected chi connectivity index (χ2v) is 17.3. The van der Waals surface area contributed by atoms with Crippen LogP contribution >= 0.6 is 0 Å². The van der Waals surface area contributed by atoms with Crippen LogP contribution in [0.1, 0.15) is 162 Å². The van der Waals surface area contributed by atoms with Gasteiger partial charge in [0.15, 0.2) is 11.4 Å². The first-order valence-electron chi connectivity index (χ1n) is 22.5. The summed E-state index contributed by atoms with van der Waals surface area (Å²) >= 11 is 0. The predicted molar refractivity (Wildman–Crippen MR) is 279 cm³/mol. The van der Waals surface area contributed by atoms with Crippen LogP contribution in [0.3, 0.4) is 0 Å². The van der Waals surface area contributed by atoms with E-state index in [0.29, 0.717) is 11.4 Å². The molecule has 1 aliphatic heterocycles. The van der Waals surface area contributed by atoms with E-state index in [0.717, 1.165) is 91.0 Å². The number of unbranched alkanes of at least 4 members (excludes halogenated alkanes) is 5. The monoisotopic (exact) mass is 895 g/mol. The highest BCUT2D eigenvalue weighted by Crippen LogP contribution is 2.44. The van der Waals surface area contributed by atoms with E-state index in [2.05, 4.69) is 133 Å². The summed E-state index contributed by atoms with van der Waals surface area (Å²) in [6.07, 6.45) is 9.59. The first-order valence-corrected chi connectivity index (χ1v) is 22.5. The standard InChI is InChI=1S/C14H20BO2.2C14H17NO.C13H15NO.2CH4/c1-13(2,3)9-7-10(14(4,5)6)12-11(8-9)16-15-17-12;1-3-4-10-13-11(2)14(15-16-13)12-8-6-5-7-9-12;1-3-4-5-9-12-14(15-16-2)13-10-7-6-8-11-13;1-2-3-4-8-11-13(14-15)12-9-6-5-7-10-12;;/h7-8H,1-6H3;5-9H,3-4,10H2,1-2H3;6-8,10-11H,3-5H2,1-2H3;5-7,9-10,15H,2-4H2,1H3;2*1H4/b;;15-14+;14-13+;;. The molecule has 4 aromatic carbocycles. The molecule has 0 amide bonds. The highest BCUT2D eigenvalue weighted by molar-refractivity contribution is 6.23. The van der Waals surface area contributed by atoms with Crippen LogP contribution in [0.2, 0.25) is 0 Å². The number of aromatic nitrogens is 1. The van der Waals surface area contributed by atoms with E-state index in [1.54, 1.807) is 0 Å². The van der Waals surface area contributed by atoms with Crippen molar-refractivity contribution in [3.8, 4) is 46.4 Å². The van der Waals surface area contributed by atoms with Gasteiger partial charge in [0.1, 0.15) is 30.1 Å². The lowest BCUT2D eigenvalue weighted by Crippen LogP contribution is -2.16. The van der Waals surface area contributed by atoms with Gasteiger partial charge in [-0.1, -0.05) is 221 Å². The van der Waals surface area contributed by atoms with Crippen LogP contribution in [0, 0.1) is 30.6 Å². The van der Waals surface area contributed by atoms with Crippen molar-refractivity contribution < 1.29 is 23.9 Å². The van der Waals surface area contributed by atoms with Crippen molar-refractivity contribution in [2.24, 2.45) is 10.3 Å². The molecule has 2 heterocycles. The Labute approximate surface area is 399 Å². The molecule has 0 unspecified atom stereocenters. The van der Waals surface area contributed by atoms with Gasteiger partial charge in [0.2, 0.25) is 0 Å². The molecular formula is C57H77BN3O5. The molecule has 0 saturated heterocycles. The number of hydrogen-bond acceptors (Lipinski definition) is 8. The van der Waals surface area contributed by atoms with Gasteiger partial charge in [-0.2, -0.15) is 0 Å². The summed E-state index contributed by atoms with van der Waals surface area (Å²) in [5.74, 6) is 14.8. The molecule has 1 aliphatic rings. The Balaban J connectivity index is 0.000000436. The fourth-order valence-electron chi connectivity index (χ4n) is 6.14. The highest BCUT2D eigenvalue weighted by Gasteiger charge is 2.30. The molecule has 1 N–H and O–H groups in total. The molecule has 1 radical (unpaired) electrons. The third kappa shape index (κ3) is 19.5. The summed E-state index contributed by atoms with van der Waals surface area (Å²) < 4.78 is 16.3. The number of hydrogen-bond donors (Lipinski definition) is 1. The van der Waals surface area contributed by atoms with E-state index in [-0.39, 0.29) is 25.7 Å². The maximum Gasteiger partial charge on any atom is 0.658 e. The molecule has 0 bridgehead atoms. The molecule has 0 spiro atoms. The molecule has 1 aromatic heterocycles. The Morgan fingerprint density at radius 1 is 0.697 bits per heavy atom. The van der Waals surface area contributed by atoms with E-state index >= 15 is 0 Å². The third-order valence-corrected chi connectivity index (χ3v) is 10.00. The maximum absolute atomic E-state index is 8.82. The van der Waals surface area contributed by atoms with E-state index in [1.165, 1.54) is 37.9 Å². The molecule has 8 nitrogen and oxygen atoms in total. The molecule has 0 saturated carbocycles. The van der Waals surface area contributed by atoms with E-state index in [1.807, 2.05) is 78.9 Å². The second kappa shape index (κ2) is 30.9. The van der Waals surface area contributed by atoms with E-state index in [4.69, 9.17) is 23.9 Å². The van der Waals surface area contributed by atoms with Crippen molar-refractivity contribution in [2.45, 2.75) is 153 Å². The van der Waals surface area contributed by atoms with Gasteiger partial charge in [-0.05, 0) is 60.5 Å². The summed E-state index contributed by atoms with van der Waals surface area (Å²) in [6.45, 7) is 21.8. The van der Waals surface area contributed by atoms with Crippen molar-refractivity contribution >= 4 is 19.1 Å². The number of fused-ring (bicyclic) bond motifs is 1. The molecule has 66 heavy (non-hydrogen) atoms. The van der Waals surface area contributed by atoms with Gasteiger partial charge in [0, 0.05) is 47.1 Å². The summed E-state index contributed by atoms with van der Waals surface area (Å²) in [5, 5.41) is 20.1. The molecule has 0 aliphatic carbocycles. The lowest BCUT2D eigenvalue weighted by atomic mass is 9.80. The Morgan fingerprint density at radius 3 is 1.70 bits per heavy atom. The van der Waals surface area contributed by atoms with Gasteiger partial charge < -0.3 is 23.9 Å². The van der Waals surface area contributed by atoms with Gasteiger partial charge in [0.05, 0.1) is 0 Å². The quantitative estimate of drug-likeness (QED) is 0.0354. The minimum atomic E-state index is 0. The van der Waals surface area contributed by atoms with Gasteiger partial charge in [-0.25, -0.2) is 0 Å². The van der Waals surface area contributed by atoms with Crippen molar-refractivity contribution in [2.75, 3.05) is 7.11 Å². The first-order chi connectivity index (χ1) is 30.8. The maximum atomic E-state index is 8.82. The predicted octanol–water partition coefficient (Wildman–Crippen LogP) is 15.1. The zero-order valence-corrected chi connectivity index (χ0v) is 40.2. The van der Waals surface area contributed by atoms with Crippen molar-refractivity contribution in [1.29, 1.82) is 0 Å². The second-order valence-electron chi connectivity index (χ2n) is 17.3. The molecule has 0 fully saturated rings. The van der Waals surface area contributed by atoms with Crippen molar-refractivity contribution in [1.82, 2.24) is 5.16 Å². The molecule has 6 rings (SSSR count). The highest BCUT2D eigenvalue weighted by atomic mass is 16.6. The molecule has 353 valence electrons. The number of nitrogens with zero attached hydrogens (tertiary/aromatic N) is 3. The van der Waals surface area contributed by atoms with Crippen molar-refractivity contribution in [3.05, 3.63) is 137 Å². The Hall–Kier alpha value is -6.19. The largest absolute Gasteiger partial charge is 0.658 e. The van der Waals surface area contributed by atoms with Gasteiger partial charge in [-0.15, -0.1) is 0 Å². The topological polar surface area (TPSA) is 98.7 Å². The first kappa shape index (κ1) is 57.8. The van der Waals surface area contributed by atoms with Crippen LogP contribution in [-0.4, -0.2) is 36.6 Å². The average molecular weight is 895 g/mol. The zero-order chi connectivity index (χ0) is 46.8. The van der Waals surface area contributed by atoms with Crippen LogP contribution in [-0.2, 0) is 22.1 Å². The van der Waals surface area contributed by atoms with Crippen LogP contribution in [0.25, 0.3) is 11.3 Å².